The number of nitrogens with zero attached hydrogens (tertiary/aromatic N) is 6. The highest BCUT2D eigenvalue weighted by molar-refractivity contribution is 6.07. The Kier molecular flexibility index (Phi) is 10.8. The smallest absolute Gasteiger partial charge is 0.328 e. The molecule has 0 saturated carbocycles. The molecule has 0 unspecified atom stereocenters. The molecule has 14 nitrogen and oxygen atoms in total. The van der Waals surface area contributed by atoms with Crippen LogP contribution in [0.1, 0.15) is 36.6 Å². The van der Waals surface area contributed by atoms with Gasteiger partial charge in [0, 0.05) is 115 Å². The number of pyridine rings is 2. The quantitative estimate of drug-likeness (QED) is 0.254. The lowest BCUT2D eigenvalue weighted by molar-refractivity contribution is -0.120. The van der Waals surface area contributed by atoms with Gasteiger partial charge in [-0.1, -0.05) is 0 Å². The van der Waals surface area contributed by atoms with Crippen LogP contribution in [0.15, 0.2) is 59.8 Å². The molecule has 0 atom stereocenters. The van der Waals surface area contributed by atoms with Crippen molar-refractivity contribution in [1.29, 1.82) is 0 Å². The van der Waals surface area contributed by atoms with Crippen LogP contribution in [0.3, 0.4) is 0 Å². The van der Waals surface area contributed by atoms with Gasteiger partial charge in [0.2, 0.25) is 5.91 Å². The van der Waals surface area contributed by atoms with Crippen molar-refractivity contribution in [2.24, 2.45) is 13.0 Å². The number of hydrogen-bond donors (Lipinski definition) is 1. The molecular weight excluding hydrogens is 690 g/mol. The highest BCUT2D eigenvalue weighted by Crippen LogP contribution is 2.39. The van der Waals surface area contributed by atoms with Gasteiger partial charge in [-0.05, 0) is 60.5 Å². The van der Waals surface area contributed by atoms with Crippen molar-refractivity contribution in [2.45, 2.75) is 25.8 Å². The number of methoxy groups -OCH3 is 3. The first-order valence-corrected chi connectivity index (χ1v) is 18.4. The lowest BCUT2D eigenvalue weighted by Gasteiger charge is -2.39. The highest BCUT2D eigenvalue weighted by Gasteiger charge is 2.30. The fraction of sp³-hybridized carbons (Fsp3) is 0.425. The SMILES string of the molecule is COc1cc(-c2cn(C)c(=O)c3cnccc23)c(OC)cc1CN1CCN(CC2CCN(C(=O)c3ccc(OC)c(N4CCC(=O)NC4=O)c3)CC2)CC1.[HH]. The van der Waals surface area contributed by atoms with Crippen LogP contribution in [0.4, 0.5) is 10.5 Å². The van der Waals surface area contributed by atoms with Crippen molar-refractivity contribution in [1.82, 2.24) is 29.6 Å². The third-order valence-corrected chi connectivity index (χ3v) is 10.9. The fourth-order valence-corrected chi connectivity index (χ4v) is 7.89. The fourth-order valence-electron chi connectivity index (χ4n) is 7.89. The van der Waals surface area contributed by atoms with Crippen LogP contribution in [0.2, 0.25) is 0 Å². The molecule has 0 aliphatic carbocycles. The van der Waals surface area contributed by atoms with E-state index in [-0.39, 0.29) is 31.8 Å². The predicted molar refractivity (Wildman–Crippen MR) is 206 cm³/mol. The van der Waals surface area contributed by atoms with E-state index in [0.29, 0.717) is 47.1 Å². The molecule has 2 aromatic carbocycles. The molecular formula is C40H49N7O7. The molecule has 5 heterocycles. The second kappa shape index (κ2) is 15.9. The maximum atomic E-state index is 13.6. The Morgan fingerprint density at radius 2 is 1.56 bits per heavy atom. The second-order valence-corrected chi connectivity index (χ2v) is 14.2. The van der Waals surface area contributed by atoms with E-state index in [0.717, 1.165) is 79.9 Å². The van der Waals surface area contributed by atoms with Gasteiger partial charge < -0.3 is 28.6 Å². The van der Waals surface area contributed by atoms with E-state index < -0.39 is 6.03 Å². The van der Waals surface area contributed by atoms with Crippen molar-refractivity contribution >= 4 is 34.3 Å². The molecule has 3 aliphatic heterocycles. The van der Waals surface area contributed by atoms with Gasteiger partial charge in [-0.2, -0.15) is 0 Å². The predicted octanol–water partition coefficient (Wildman–Crippen LogP) is 3.99. The highest BCUT2D eigenvalue weighted by atomic mass is 16.5. The Balaban J connectivity index is 0.00000514. The summed E-state index contributed by atoms with van der Waals surface area (Å²) in [4.78, 5) is 63.1. The van der Waals surface area contributed by atoms with Crippen LogP contribution in [0, 0.1) is 5.92 Å². The number of fused-ring (bicyclic) bond motifs is 1. The molecule has 0 spiro atoms. The molecule has 4 amide bonds. The minimum atomic E-state index is -0.517. The van der Waals surface area contributed by atoms with E-state index in [2.05, 4.69) is 20.1 Å². The largest absolute Gasteiger partial charge is 0.496 e. The number of anilines is 1. The zero-order valence-corrected chi connectivity index (χ0v) is 31.3. The van der Waals surface area contributed by atoms with E-state index >= 15 is 0 Å². The van der Waals surface area contributed by atoms with Crippen LogP contribution in [-0.4, -0.2) is 116 Å². The Hall–Kier alpha value is -5.47. The van der Waals surface area contributed by atoms with E-state index in [1.807, 2.05) is 29.3 Å². The molecule has 3 saturated heterocycles. The van der Waals surface area contributed by atoms with Gasteiger partial charge in [0.05, 0.1) is 32.4 Å². The first-order chi connectivity index (χ1) is 26.2. The minimum Gasteiger partial charge on any atom is -0.496 e. The van der Waals surface area contributed by atoms with E-state index in [1.54, 1.807) is 56.4 Å². The first kappa shape index (κ1) is 36.9. The summed E-state index contributed by atoms with van der Waals surface area (Å²) in [6.07, 6.45) is 7.17. The summed E-state index contributed by atoms with van der Waals surface area (Å²) < 4.78 is 18.9. The number of amides is 4. The van der Waals surface area contributed by atoms with Gasteiger partial charge in [-0.15, -0.1) is 0 Å². The third-order valence-electron chi connectivity index (χ3n) is 10.9. The Bertz CT molecular complexity index is 2130. The summed E-state index contributed by atoms with van der Waals surface area (Å²) in [7, 11) is 6.61. The maximum absolute atomic E-state index is 13.6. The van der Waals surface area contributed by atoms with Crippen LogP contribution in [0.5, 0.6) is 17.2 Å². The molecule has 3 fully saturated rings. The molecule has 1 N–H and O–H groups in total. The van der Waals surface area contributed by atoms with Crippen LogP contribution in [0.25, 0.3) is 21.9 Å². The lowest BCUT2D eigenvalue weighted by atomic mass is 9.95. The number of urea groups is 1. The number of aromatic nitrogens is 2. The maximum Gasteiger partial charge on any atom is 0.328 e. The Morgan fingerprint density at radius 3 is 2.26 bits per heavy atom. The average molecular weight is 740 g/mol. The van der Waals surface area contributed by atoms with E-state index in [4.69, 9.17) is 14.2 Å². The van der Waals surface area contributed by atoms with Gasteiger partial charge in [0.15, 0.2) is 0 Å². The summed E-state index contributed by atoms with van der Waals surface area (Å²) >= 11 is 0. The van der Waals surface area contributed by atoms with Crippen molar-refractivity contribution in [3.63, 3.8) is 0 Å². The summed E-state index contributed by atoms with van der Waals surface area (Å²) in [6, 6.07) is 10.5. The van der Waals surface area contributed by atoms with Crippen molar-refractivity contribution < 1.29 is 30.0 Å². The Labute approximate surface area is 315 Å². The summed E-state index contributed by atoms with van der Waals surface area (Å²) in [5.74, 6) is 2.07. The molecule has 54 heavy (non-hydrogen) atoms. The number of benzene rings is 2. The number of ether oxygens (including phenoxy) is 3. The topological polar surface area (TPSA) is 139 Å². The minimum absolute atomic E-state index is 0. The number of rotatable bonds is 10. The Morgan fingerprint density at radius 1 is 0.833 bits per heavy atom. The number of carbonyl (C=O) groups is 3. The zero-order chi connectivity index (χ0) is 37.9. The second-order valence-electron chi connectivity index (χ2n) is 14.2. The number of piperidine rings is 1. The summed E-state index contributed by atoms with van der Waals surface area (Å²) in [6.45, 7) is 7.06. The molecule has 0 bridgehead atoms. The summed E-state index contributed by atoms with van der Waals surface area (Å²) in [5, 5.41) is 3.70. The molecule has 2 aromatic heterocycles. The number of aryl methyl sites for hydroxylation is 1. The van der Waals surface area contributed by atoms with Crippen molar-refractivity contribution in [3.05, 3.63) is 76.5 Å². The molecule has 0 radical (unpaired) electrons. The van der Waals surface area contributed by atoms with Gasteiger partial charge in [-0.3, -0.25) is 34.5 Å². The molecule has 3 aliphatic rings. The standard InChI is InChI=1S/C40H47N7O7.H2/c1-43-25-32(29-7-11-41-22-31(29)39(43)50)30-21-35(53-3)28(20-36(30)54-4)24-45-17-15-44(16-18-45)23-26-8-12-46(13-9-26)38(49)27-5-6-34(52-2)33(19-27)47-14-10-37(48)42-40(47)51;/h5-7,11,19-22,25-26H,8-10,12-18,23-24H2,1-4H3,(H,42,48,51);1H. The van der Waals surface area contributed by atoms with Crippen LogP contribution in [-0.2, 0) is 18.4 Å². The van der Waals surface area contributed by atoms with Gasteiger partial charge in [-0.25, -0.2) is 4.79 Å². The van der Waals surface area contributed by atoms with Gasteiger partial charge in [0.1, 0.15) is 17.2 Å². The number of nitrogens with one attached hydrogen (secondary N) is 1. The average Bonchev–Trinajstić information content (AvgIpc) is 3.19. The van der Waals surface area contributed by atoms with Gasteiger partial charge in [0.25, 0.3) is 11.5 Å². The monoisotopic (exact) mass is 739 g/mol. The number of piperazine rings is 1. The molecule has 14 heteroatoms. The summed E-state index contributed by atoms with van der Waals surface area (Å²) in [5.41, 5.74) is 3.63. The molecule has 7 rings (SSSR count). The van der Waals surface area contributed by atoms with Gasteiger partial charge >= 0.3 is 6.03 Å². The number of hydrogen-bond acceptors (Lipinski definition) is 10. The van der Waals surface area contributed by atoms with E-state index in [1.165, 1.54) is 12.0 Å². The van der Waals surface area contributed by atoms with E-state index in [9.17, 15) is 19.2 Å². The lowest BCUT2D eigenvalue weighted by Crippen LogP contribution is -2.49. The zero-order valence-electron chi connectivity index (χ0n) is 31.3. The molecule has 4 aromatic rings. The van der Waals surface area contributed by atoms with Crippen molar-refractivity contribution in [2.75, 3.05) is 78.6 Å². The first-order valence-electron chi connectivity index (χ1n) is 18.4. The number of imide groups is 1. The van der Waals surface area contributed by atoms with Crippen molar-refractivity contribution in [3.8, 4) is 28.4 Å². The normalized spacial score (nSPS) is 17.5. The van der Waals surface area contributed by atoms with Crippen LogP contribution >= 0.6 is 0 Å². The number of likely N-dealkylation sites (tertiary alicyclic amines) is 1. The van der Waals surface area contributed by atoms with Crippen LogP contribution < -0.4 is 30.0 Å². The molecule has 286 valence electrons. The number of carbonyl (C=O) groups excluding carboxylic acids is 3. The third kappa shape index (κ3) is 7.48.